The van der Waals surface area contributed by atoms with E-state index in [4.69, 9.17) is 9.47 Å². The SMILES string of the molecule is COc1ccc(C(=O)N[C@H](C(=O)NCC(=O)OCc2ccccc2)[C@@H](C)O)cc1. The average molecular weight is 400 g/mol. The third kappa shape index (κ3) is 6.93. The van der Waals surface area contributed by atoms with Crippen molar-refractivity contribution in [3.05, 3.63) is 65.7 Å². The van der Waals surface area contributed by atoms with E-state index in [0.29, 0.717) is 11.3 Å². The number of nitrogens with one attached hydrogen (secondary N) is 2. The molecule has 2 aromatic carbocycles. The number of ether oxygens (including phenoxy) is 2. The minimum absolute atomic E-state index is 0.0869. The molecule has 0 bridgehead atoms. The highest BCUT2D eigenvalue weighted by Crippen LogP contribution is 2.11. The number of aliphatic hydroxyl groups excluding tert-OH is 1. The zero-order valence-corrected chi connectivity index (χ0v) is 16.3. The Balaban J connectivity index is 1.86. The van der Waals surface area contributed by atoms with Crippen LogP contribution < -0.4 is 15.4 Å². The van der Waals surface area contributed by atoms with Crippen LogP contribution in [0, 0.1) is 0 Å². The highest BCUT2D eigenvalue weighted by Gasteiger charge is 2.26. The quantitative estimate of drug-likeness (QED) is 0.542. The first-order valence-corrected chi connectivity index (χ1v) is 9.01. The summed E-state index contributed by atoms with van der Waals surface area (Å²) in [6.07, 6.45) is -1.17. The van der Waals surface area contributed by atoms with Gasteiger partial charge in [-0.1, -0.05) is 30.3 Å². The lowest BCUT2D eigenvalue weighted by molar-refractivity contribution is -0.145. The largest absolute Gasteiger partial charge is 0.497 e. The number of esters is 1. The molecule has 0 aliphatic heterocycles. The lowest BCUT2D eigenvalue weighted by Gasteiger charge is -2.20. The van der Waals surface area contributed by atoms with Gasteiger partial charge in [0.25, 0.3) is 5.91 Å². The molecule has 0 aromatic heterocycles. The molecule has 29 heavy (non-hydrogen) atoms. The molecular formula is C21H24N2O6. The Bertz CT molecular complexity index is 821. The smallest absolute Gasteiger partial charge is 0.325 e. The molecule has 0 saturated heterocycles. The maximum absolute atomic E-state index is 12.3. The van der Waals surface area contributed by atoms with Gasteiger partial charge >= 0.3 is 5.97 Å². The first kappa shape index (κ1) is 21.9. The third-order valence-electron chi connectivity index (χ3n) is 4.05. The number of hydrogen-bond donors (Lipinski definition) is 3. The standard InChI is InChI=1S/C21H24N2O6/c1-14(24)19(23-20(26)16-8-10-17(28-2)11-9-16)21(27)22-12-18(25)29-13-15-6-4-3-5-7-15/h3-11,14,19,24H,12-13H2,1-2H3,(H,22,27)(H,23,26)/t14-,19+/m1/s1. The molecule has 2 rings (SSSR count). The van der Waals surface area contributed by atoms with Crippen LogP contribution in [0.5, 0.6) is 5.75 Å². The van der Waals surface area contributed by atoms with Crippen molar-refractivity contribution < 1.29 is 29.0 Å². The number of benzene rings is 2. The molecule has 0 aliphatic carbocycles. The molecular weight excluding hydrogens is 376 g/mol. The molecule has 154 valence electrons. The topological polar surface area (TPSA) is 114 Å². The van der Waals surface area contributed by atoms with Gasteiger partial charge < -0.3 is 25.2 Å². The van der Waals surface area contributed by atoms with Crippen molar-refractivity contribution in [1.29, 1.82) is 0 Å². The summed E-state index contributed by atoms with van der Waals surface area (Å²) in [7, 11) is 1.51. The Morgan fingerprint density at radius 1 is 1.03 bits per heavy atom. The van der Waals surface area contributed by atoms with Crippen molar-refractivity contribution in [2.75, 3.05) is 13.7 Å². The number of aliphatic hydroxyl groups is 1. The second kappa shape index (κ2) is 10.8. The second-order valence-corrected chi connectivity index (χ2v) is 6.28. The fourth-order valence-electron chi connectivity index (χ4n) is 2.43. The molecule has 0 radical (unpaired) electrons. The summed E-state index contributed by atoms with van der Waals surface area (Å²) in [5.74, 6) is -1.28. The van der Waals surface area contributed by atoms with E-state index < -0.39 is 29.9 Å². The molecule has 0 fully saturated rings. The van der Waals surface area contributed by atoms with Crippen LogP contribution in [0.1, 0.15) is 22.8 Å². The van der Waals surface area contributed by atoms with Gasteiger partial charge in [0.05, 0.1) is 13.2 Å². The molecule has 3 N–H and O–H groups in total. The summed E-state index contributed by atoms with van der Waals surface area (Å²) >= 11 is 0. The van der Waals surface area contributed by atoms with Crippen LogP contribution in [0.15, 0.2) is 54.6 Å². The minimum atomic E-state index is -1.23. The van der Waals surface area contributed by atoms with E-state index >= 15 is 0 Å². The van der Waals surface area contributed by atoms with Crippen molar-refractivity contribution >= 4 is 17.8 Å². The first-order valence-electron chi connectivity index (χ1n) is 9.01. The zero-order chi connectivity index (χ0) is 21.2. The predicted molar refractivity (Wildman–Crippen MR) is 105 cm³/mol. The number of rotatable bonds is 9. The van der Waals surface area contributed by atoms with E-state index in [0.717, 1.165) is 5.56 Å². The molecule has 0 spiro atoms. The Morgan fingerprint density at radius 3 is 2.28 bits per heavy atom. The highest BCUT2D eigenvalue weighted by molar-refractivity contribution is 5.98. The first-order chi connectivity index (χ1) is 13.9. The van der Waals surface area contributed by atoms with E-state index in [2.05, 4.69) is 10.6 Å². The minimum Gasteiger partial charge on any atom is -0.497 e. The lowest BCUT2D eigenvalue weighted by Crippen LogP contribution is -2.53. The Labute approximate surface area is 168 Å². The van der Waals surface area contributed by atoms with Gasteiger partial charge in [-0.15, -0.1) is 0 Å². The molecule has 0 saturated carbocycles. The van der Waals surface area contributed by atoms with E-state index in [1.165, 1.54) is 26.2 Å². The predicted octanol–water partition coefficient (Wildman–Crippen LogP) is 1.03. The van der Waals surface area contributed by atoms with E-state index in [9.17, 15) is 19.5 Å². The maximum atomic E-state index is 12.3. The summed E-state index contributed by atoms with van der Waals surface area (Å²) < 4.78 is 10.1. The molecule has 2 amide bonds. The van der Waals surface area contributed by atoms with Gasteiger partial charge in [0.1, 0.15) is 24.9 Å². The van der Waals surface area contributed by atoms with Crippen LogP contribution in [-0.4, -0.2) is 48.7 Å². The van der Waals surface area contributed by atoms with Gasteiger partial charge in [-0.25, -0.2) is 0 Å². The van der Waals surface area contributed by atoms with Crippen molar-refractivity contribution in [2.24, 2.45) is 0 Å². The summed E-state index contributed by atoms with van der Waals surface area (Å²) in [6, 6.07) is 14.2. The number of hydrogen-bond acceptors (Lipinski definition) is 6. The van der Waals surface area contributed by atoms with Crippen LogP contribution in [0.2, 0.25) is 0 Å². The van der Waals surface area contributed by atoms with E-state index in [1.807, 2.05) is 30.3 Å². The molecule has 2 atom stereocenters. The van der Waals surface area contributed by atoms with E-state index in [-0.39, 0.29) is 13.2 Å². The van der Waals surface area contributed by atoms with Crippen LogP contribution in [0.25, 0.3) is 0 Å². The Hall–Kier alpha value is -3.39. The summed E-state index contributed by atoms with van der Waals surface area (Å²) in [6.45, 7) is 1.07. The normalized spacial score (nSPS) is 12.4. The fraction of sp³-hybridized carbons (Fsp3) is 0.286. The van der Waals surface area contributed by atoms with Crippen molar-refractivity contribution in [3.63, 3.8) is 0 Å². The number of methoxy groups -OCH3 is 1. The Morgan fingerprint density at radius 2 is 1.69 bits per heavy atom. The van der Waals surface area contributed by atoms with Crippen molar-refractivity contribution in [2.45, 2.75) is 25.7 Å². The number of carbonyl (C=O) groups excluding carboxylic acids is 3. The zero-order valence-electron chi connectivity index (χ0n) is 16.3. The van der Waals surface area contributed by atoms with Gasteiger partial charge in [0.15, 0.2) is 0 Å². The maximum Gasteiger partial charge on any atom is 0.325 e. The van der Waals surface area contributed by atoms with Crippen LogP contribution in [0.3, 0.4) is 0 Å². The Kier molecular flexibility index (Phi) is 8.17. The second-order valence-electron chi connectivity index (χ2n) is 6.28. The molecule has 8 heteroatoms. The van der Waals surface area contributed by atoms with Crippen molar-refractivity contribution in [3.8, 4) is 5.75 Å². The van der Waals surface area contributed by atoms with Gasteiger partial charge in [-0.2, -0.15) is 0 Å². The average Bonchev–Trinajstić information content (AvgIpc) is 2.74. The molecule has 8 nitrogen and oxygen atoms in total. The van der Waals surface area contributed by atoms with Gasteiger partial charge in [0, 0.05) is 5.56 Å². The molecule has 2 aromatic rings. The molecule has 0 aliphatic rings. The number of carbonyl (C=O) groups is 3. The van der Waals surface area contributed by atoms with Gasteiger partial charge in [-0.3, -0.25) is 14.4 Å². The monoisotopic (exact) mass is 400 g/mol. The molecule has 0 heterocycles. The lowest BCUT2D eigenvalue weighted by atomic mass is 10.1. The number of amides is 2. The summed E-state index contributed by atoms with van der Waals surface area (Å²) in [5.41, 5.74) is 1.12. The van der Waals surface area contributed by atoms with Gasteiger partial charge in [0.2, 0.25) is 5.91 Å². The van der Waals surface area contributed by atoms with Gasteiger partial charge in [-0.05, 0) is 36.8 Å². The fourth-order valence-corrected chi connectivity index (χ4v) is 2.43. The van der Waals surface area contributed by atoms with E-state index in [1.54, 1.807) is 12.1 Å². The van der Waals surface area contributed by atoms with Crippen LogP contribution in [-0.2, 0) is 20.9 Å². The summed E-state index contributed by atoms with van der Waals surface area (Å²) in [4.78, 5) is 36.5. The van der Waals surface area contributed by atoms with Crippen LogP contribution >= 0.6 is 0 Å². The molecule has 0 unspecified atom stereocenters. The van der Waals surface area contributed by atoms with Crippen LogP contribution in [0.4, 0.5) is 0 Å². The highest BCUT2D eigenvalue weighted by atomic mass is 16.5. The third-order valence-corrected chi connectivity index (χ3v) is 4.05. The van der Waals surface area contributed by atoms with Crippen molar-refractivity contribution in [1.82, 2.24) is 10.6 Å². The summed E-state index contributed by atoms with van der Waals surface area (Å²) in [5, 5.41) is 14.7.